The maximum absolute atomic E-state index is 14.1. The van der Waals surface area contributed by atoms with E-state index in [1.165, 1.54) is 33.4 Å². The molecule has 0 aliphatic carbocycles. The first kappa shape index (κ1) is 13.1. The Bertz CT molecular complexity index is 939. The number of aromatic nitrogens is 3. The second-order valence-corrected chi connectivity index (χ2v) is 5.57. The van der Waals surface area contributed by atoms with Crippen LogP contribution in [-0.2, 0) is 7.05 Å². The number of pyridine rings is 1. The van der Waals surface area contributed by atoms with E-state index in [1.54, 1.807) is 13.1 Å². The minimum Gasteiger partial charge on any atom is -0.304 e. The number of hydrogen-bond donors (Lipinski definition) is 1. The molecule has 5 nitrogen and oxygen atoms in total. The largest absolute Gasteiger partial charge is 0.332 e. The van der Waals surface area contributed by atoms with Gasteiger partial charge in [0, 0.05) is 16.7 Å². The first-order valence-electron chi connectivity index (χ1n) is 5.75. The molecule has 0 saturated carbocycles. The lowest BCUT2D eigenvalue weighted by atomic mass is 10.3. The van der Waals surface area contributed by atoms with Crippen molar-refractivity contribution in [3.8, 4) is 5.69 Å². The average Bonchev–Trinajstić information content (AvgIpc) is 2.72. The fourth-order valence-electron chi connectivity index (χ4n) is 2.15. The SMILES string of the molecule is Cn1c(=O)ccc2[nH]c(=O)n(-c3ccc(I)cc3F)c21. The molecule has 3 rings (SSSR count). The van der Waals surface area contributed by atoms with Crippen molar-refractivity contribution in [1.29, 1.82) is 0 Å². The molecule has 0 radical (unpaired) electrons. The van der Waals surface area contributed by atoms with E-state index in [2.05, 4.69) is 4.98 Å². The van der Waals surface area contributed by atoms with Crippen LogP contribution in [0, 0.1) is 9.39 Å². The number of imidazole rings is 1. The second kappa shape index (κ2) is 4.58. The van der Waals surface area contributed by atoms with Crippen LogP contribution in [0.2, 0.25) is 0 Å². The Kier molecular flexibility index (Phi) is 3.00. The second-order valence-electron chi connectivity index (χ2n) is 4.33. The topological polar surface area (TPSA) is 59.8 Å². The van der Waals surface area contributed by atoms with Crippen molar-refractivity contribution in [2.24, 2.45) is 7.05 Å². The quantitative estimate of drug-likeness (QED) is 0.650. The summed E-state index contributed by atoms with van der Waals surface area (Å²) in [6.07, 6.45) is 0. The zero-order chi connectivity index (χ0) is 14.4. The van der Waals surface area contributed by atoms with Crippen LogP contribution in [0.25, 0.3) is 16.9 Å². The number of rotatable bonds is 1. The molecule has 1 N–H and O–H groups in total. The van der Waals surface area contributed by atoms with Gasteiger partial charge in [-0.15, -0.1) is 0 Å². The molecule has 0 unspecified atom stereocenters. The summed E-state index contributed by atoms with van der Waals surface area (Å²) in [4.78, 5) is 26.4. The third-order valence-corrected chi connectivity index (χ3v) is 3.76. The first-order chi connectivity index (χ1) is 9.49. The van der Waals surface area contributed by atoms with Crippen LogP contribution in [-0.4, -0.2) is 14.1 Å². The Balaban J connectivity index is 2.48. The molecule has 0 fully saturated rings. The fraction of sp³-hybridized carbons (Fsp3) is 0.0769. The third-order valence-electron chi connectivity index (χ3n) is 3.09. The monoisotopic (exact) mass is 385 g/mol. The van der Waals surface area contributed by atoms with Crippen LogP contribution in [0.4, 0.5) is 4.39 Å². The van der Waals surface area contributed by atoms with Gasteiger partial charge in [-0.1, -0.05) is 0 Å². The summed E-state index contributed by atoms with van der Waals surface area (Å²) < 4.78 is 17.3. The molecule has 7 heteroatoms. The smallest absolute Gasteiger partial charge is 0.304 e. The molecule has 102 valence electrons. The Morgan fingerprint density at radius 2 is 1.95 bits per heavy atom. The van der Waals surface area contributed by atoms with Crippen molar-refractivity contribution >= 4 is 33.8 Å². The van der Waals surface area contributed by atoms with Gasteiger partial charge in [-0.05, 0) is 46.9 Å². The zero-order valence-corrected chi connectivity index (χ0v) is 12.5. The molecule has 2 heterocycles. The van der Waals surface area contributed by atoms with Gasteiger partial charge in [0.2, 0.25) is 0 Å². The van der Waals surface area contributed by atoms with Gasteiger partial charge in [0.05, 0.1) is 11.2 Å². The van der Waals surface area contributed by atoms with E-state index in [4.69, 9.17) is 0 Å². The number of hydrogen-bond acceptors (Lipinski definition) is 2. The van der Waals surface area contributed by atoms with E-state index in [1.807, 2.05) is 22.6 Å². The lowest BCUT2D eigenvalue weighted by Crippen LogP contribution is -2.21. The van der Waals surface area contributed by atoms with Crippen LogP contribution in [0.1, 0.15) is 0 Å². The number of H-pyrrole nitrogens is 1. The van der Waals surface area contributed by atoms with Crippen molar-refractivity contribution in [3.05, 3.63) is 60.6 Å². The molecule has 1 aromatic carbocycles. The van der Waals surface area contributed by atoms with E-state index in [9.17, 15) is 14.0 Å². The van der Waals surface area contributed by atoms with Crippen LogP contribution in [0.3, 0.4) is 0 Å². The molecule has 3 aromatic rings. The predicted octanol–water partition coefficient (Wildman–Crippen LogP) is 1.76. The van der Waals surface area contributed by atoms with Crippen LogP contribution in [0.5, 0.6) is 0 Å². The molecular weight excluding hydrogens is 376 g/mol. The maximum Gasteiger partial charge on any atom is 0.332 e. The Morgan fingerprint density at radius 3 is 2.65 bits per heavy atom. The minimum absolute atomic E-state index is 0.114. The number of halogens is 2. The van der Waals surface area contributed by atoms with Gasteiger partial charge in [-0.25, -0.2) is 13.8 Å². The van der Waals surface area contributed by atoms with E-state index in [0.717, 1.165) is 3.57 Å². The van der Waals surface area contributed by atoms with Gasteiger partial charge >= 0.3 is 5.69 Å². The third kappa shape index (κ3) is 1.89. The highest BCUT2D eigenvalue weighted by Gasteiger charge is 2.15. The predicted molar refractivity (Wildman–Crippen MR) is 81.8 cm³/mol. The molecule has 0 saturated heterocycles. The summed E-state index contributed by atoms with van der Waals surface area (Å²) in [5.41, 5.74) is 0.179. The number of benzene rings is 1. The van der Waals surface area contributed by atoms with Gasteiger partial charge in [0.25, 0.3) is 5.56 Å². The van der Waals surface area contributed by atoms with Crippen molar-refractivity contribution in [1.82, 2.24) is 14.1 Å². The van der Waals surface area contributed by atoms with Gasteiger partial charge in [-0.2, -0.15) is 0 Å². The Hall–Kier alpha value is -1.90. The van der Waals surface area contributed by atoms with Crippen LogP contribution >= 0.6 is 22.6 Å². The molecule has 0 bridgehead atoms. The lowest BCUT2D eigenvalue weighted by molar-refractivity contribution is 0.615. The maximum atomic E-state index is 14.1. The highest BCUT2D eigenvalue weighted by molar-refractivity contribution is 14.1. The molecule has 0 spiro atoms. The Morgan fingerprint density at radius 1 is 1.20 bits per heavy atom. The summed E-state index contributed by atoms with van der Waals surface area (Å²) >= 11 is 1.99. The van der Waals surface area contributed by atoms with Crippen LogP contribution < -0.4 is 11.2 Å². The number of nitrogens with zero attached hydrogens (tertiary/aromatic N) is 2. The lowest BCUT2D eigenvalue weighted by Gasteiger charge is -2.07. The number of aromatic amines is 1. The number of aryl methyl sites for hydroxylation is 1. The molecule has 0 aliphatic heterocycles. The van der Waals surface area contributed by atoms with Gasteiger partial charge in [-0.3, -0.25) is 9.36 Å². The van der Waals surface area contributed by atoms with Crippen molar-refractivity contribution in [3.63, 3.8) is 0 Å². The summed E-state index contributed by atoms with van der Waals surface area (Å²) in [6.45, 7) is 0. The van der Waals surface area contributed by atoms with Gasteiger partial charge < -0.3 is 4.98 Å². The molecule has 0 aliphatic rings. The summed E-state index contributed by atoms with van der Waals surface area (Å²) in [7, 11) is 1.54. The standard InChI is InChI=1S/C13H9FIN3O2/c1-17-11(19)5-3-9-12(17)18(13(20)16-9)10-4-2-7(15)6-8(10)14/h2-6H,1H3,(H,16,20). The Labute approximate surface area is 125 Å². The summed E-state index contributed by atoms with van der Waals surface area (Å²) in [6, 6.07) is 7.42. The highest BCUT2D eigenvalue weighted by Crippen LogP contribution is 2.18. The normalized spacial score (nSPS) is 11.2. The molecule has 2 aromatic heterocycles. The minimum atomic E-state index is -0.517. The number of nitrogens with one attached hydrogen (secondary N) is 1. The van der Waals surface area contributed by atoms with Gasteiger partial charge in [0.1, 0.15) is 11.5 Å². The average molecular weight is 385 g/mol. The van der Waals surface area contributed by atoms with E-state index >= 15 is 0 Å². The van der Waals surface area contributed by atoms with Crippen LogP contribution in [0.15, 0.2) is 39.9 Å². The van der Waals surface area contributed by atoms with E-state index in [-0.39, 0.29) is 11.2 Å². The fourth-order valence-corrected chi connectivity index (χ4v) is 2.60. The summed E-state index contributed by atoms with van der Waals surface area (Å²) in [5.74, 6) is -0.517. The van der Waals surface area contributed by atoms with E-state index in [0.29, 0.717) is 11.2 Å². The molecule has 0 amide bonds. The zero-order valence-electron chi connectivity index (χ0n) is 10.4. The first-order valence-corrected chi connectivity index (χ1v) is 6.83. The van der Waals surface area contributed by atoms with Crippen molar-refractivity contribution in [2.75, 3.05) is 0 Å². The molecule has 20 heavy (non-hydrogen) atoms. The molecular formula is C13H9FIN3O2. The van der Waals surface area contributed by atoms with Crippen molar-refractivity contribution < 1.29 is 4.39 Å². The van der Waals surface area contributed by atoms with E-state index < -0.39 is 11.5 Å². The summed E-state index contributed by atoms with van der Waals surface area (Å²) in [5, 5.41) is 0. The highest BCUT2D eigenvalue weighted by atomic mass is 127. The molecule has 0 atom stereocenters. The number of fused-ring (bicyclic) bond motifs is 1. The van der Waals surface area contributed by atoms with Crippen molar-refractivity contribution in [2.45, 2.75) is 0 Å². The van der Waals surface area contributed by atoms with Gasteiger partial charge in [0.15, 0.2) is 0 Å².